The summed E-state index contributed by atoms with van der Waals surface area (Å²) in [6, 6.07) is 7.92. The molecule has 2 aromatic rings. The Morgan fingerprint density at radius 2 is 2.15 bits per heavy atom. The number of hydrazone groups is 1. The fourth-order valence-corrected chi connectivity index (χ4v) is 3.35. The van der Waals surface area contributed by atoms with Gasteiger partial charge in [-0.15, -0.1) is 11.3 Å². The summed E-state index contributed by atoms with van der Waals surface area (Å²) in [6.07, 6.45) is 1.77. The first-order chi connectivity index (χ1) is 9.61. The Morgan fingerprint density at radius 1 is 1.45 bits per heavy atom. The molecule has 1 heterocycles. The number of thiazole rings is 1. The van der Waals surface area contributed by atoms with Gasteiger partial charge in [0.15, 0.2) is 0 Å². The minimum atomic E-state index is 0.0654. The van der Waals surface area contributed by atoms with Crippen molar-refractivity contribution >= 4 is 39.6 Å². The molecule has 0 aliphatic rings. The highest BCUT2D eigenvalue weighted by Gasteiger charge is 2.20. The van der Waals surface area contributed by atoms with Crippen molar-refractivity contribution < 1.29 is 4.74 Å². The van der Waals surface area contributed by atoms with Gasteiger partial charge in [0.25, 0.3) is 0 Å². The van der Waals surface area contributed by atoms with Crippen molar-refractivity contribution in [2.75, 3.05) is 14.2 Å². The summed E-state index contributed by atoms with van der Waals surface area (Å²) in [5.74, 6) is 6.49. The van der Waals surface area contributed by atoms with E-state index < -0.39 is 0 Å². The van der Waals surface area contributed by atoms with Crippen LogP contribution in [0.15, 0.2) is 40.9 Å². The molecule has 0 aliphatic heterocycles. The first-order valence-electron chi connectivity index (χ1n) is 5.86. The van der Waals surface area contributed by atoms with E-state index in [1.165, 1.54) is 5.12 Å². The van der Waals surface area contributed by atoms with Crippen molar-refractivity contribution in [1.29, 1.82) is 0 Å². The smallest absolute Gasteiger partial charge is 0.140 e. The molecule has 0 aliphatic carbocycles. The number of halogens is 1. The number of nitrogens with zero attached hydrogens (tertiary/aromatic N) is 3. The Morgan fingerprint density at radius 3 is 2.65 bits per heavy atom. The third-order valence-corrected chi connectivity index (χ3v) is 4.67. The maximum Gasteiger partial charge on any atom is 0.140 e. The summed E-state index contributed by atoms with van der Waals surface area (Å²) in [5, 5.41) is 8.49. The lowest BCUT2D eigenvalue weighted by Crippen LogP contribution is -2.23. The van der Waals surface area contributed by atoms with E-state index >= 15 is 0 Å². The average Bonchev–Trinajstić information content (AvgIpc) is 2.98. The predicted octanol–water partition coefficient (Wildman–Crippen LogP) is 2.84. The Balaban J connectivity index is 2.33. The Bertz CT molecular complexity index is 569. The second-order valence-corrected chi connectivity index (χ2v) is 6.17. The molecule has 20 heavy (non-hydrogen) atoms. The van der Waals surface area contributed by atoms with Crippen LogP contribution in [0.2, 0.25) is 0 Å². The first-order valence-corrected chi connectivity index (χ1v) is 7.99. The van der Waals surface area contributed by atoms with Gasteiger partial charge in [-0.3, -0.25) is 0 Å². The second kappa shape index (κ2) is 7.00. The van der Waals surface area contributed by atoms with Crippen molar-refractivity contribution in [2.24, 2.45) is 10.9 Å². The number of alkyl halides is 1. The van der Waals surface area contributed by atoms with Gasteiger partial charge in [0.05, 0.1) is 11.0 Å². The number of hydrogen-bond donors (Lipinski definition) is 1. The molecule has 1 aromatic heterocycles. The van der Waals surface area contributed by atoms with Crippen LogP contribution in [-0.4, -0.2) is 30.0 Å². The lowest BCUT2D eigenvalue weighted by molar-refractivity contribution is 0.371. The van der Waals surface area contributed by atoms with E-state index in [1.54, 1.807) is 31.7 Å². The number of ether oxygens (including phenoxy) is 1. The van der Waals surface area contributed by atoms with Crippen molar-refractivity contribution in [3.05, 3.63) is 46.4 Å². The topological polar surface area (TPSA) is 63.7 Å². The van der Waals surface area contributed by atoms with Crippen LogP contribution in [0, 0.1) is 0 Å². The number of methoxy groups -OCH3 is 1. The molecule has 1 aromatic carbocycles. The standard InChI is InChI=1S/C13H15IN4OS/c1-18(15)17-12(13-16-7-8-20-13)11(14)9-3-5-10(19-2)6-4-9/h3-8,11H,15H2,1-2H3/b17-12+. The van der Waals surface area contributed by atoms with E-state index in [4.69, 9.17) is 10.6 Å². The molecule has 0 saturated carbocycles. The van der Waals surface area contributed by atoms with E-state index in [2.05, 4.69) is 32.7 Å². The molecule has 2 N–H and O–H groups in total. The summed E-state index contributed by atoms with van der Waals surface area (Å²) >= 11 is 3.89. The van der Waals surface area contributed by atoms with Crippen molar-refractivity contribution in [2.45, 2.75) is 3.92 Å². The molecule has 1 atom stereocenters. The summed E-state index contributed by atoms with van der Waals surface area (Å²) in [7, 11) is 3.35. The molecule has 2 rings (SSSR count). The largest absolute Gasteiger partial charge is 0.497 e. The van der Waals surface area contributed by atoms with Crippen LogP contribution in [0.5, 0.6) is 5.75 Å². The van der Waals surface area contributed by atoms with Gasteiger partial charge in [0, 0.05) is 18.6 Å². The highest BCUT2D eigenvalue weighted by Crippen LogP contribution is 2.30. The molecule has 0 bridgehead atoms. The monoisotopic (exact) mass is 402 g/mol. The van der Waals surface area contributed by atoms with Crippen molar-refractivity contribution in [1.82, 2.24) is 10.1 Å². The van der Waals surface area contributed by atoms with Crippen LogP contribution < -0.4 is 10.6 Å². The molecular formula is C13H15IN4OS. The van der Waals surface area contributed by atoms with Crippen LogP contribution in [-0.2, 0) is 0 Å². The quantitative estimate of drug-likeness (QED) is 0.275. The van der Waals surface area contributed by atoms with Crippen LogP contribution in [0.25, 0.3) is 0 Å². The number of hydrazine groups is 1. The van der Waals surface area contributed by atoms with Crippen molar-refractivity contribution in [3.63, 3.8) is 0 Å². The minimum absolute atomic E-state index is 0.0654. The lowest BCUT2D eigenvalue weighted by atomic mass is 10.1. The van der Waals surface area contributed by atoms with Crippen LogP contribution in [0.3, 0.4) is 0 Å². The Labute approximate surface area is 135 Å². The van der Waals surface area contributed by atoms with Gasteiger partial charge in [0.1, 0.15) is 16.5 Å². The molecule has 0 saturated heterocycles. The van der Waals surface area contributed by atoms with Crippen LogP contribution in [0.4, 0.5) is 0 Å². The fourth-order valence-electron chi connectivity index (χ4n) is 1.65. The SMILES string of the molecule is COc1ccc(C(I)/C(=N\N(C)N)c2nccs2)cc1. The molecule has 0 radical (unpaired) electrons. The molecule has 0 spiro atoms. The zero-order chi connectivity index (χ0) is 14.5. The lowest BCUT2D eigenvalue weighted by Gasteiger charge is -2.15. The third-order valence-electron chi connectivity index (χ3n) is 2.57. The molecule has 0 amide bonds. The molecular weight excluding hydrogens is 387 g/mol. The summed E-state index contributed by atoms with van der Waals surface area (Å²) < 4.78 is 5.24. The van der Waals surface area contributed by atoms with E-state index in [0.717, 1.165) is 22.0 Å². The second-order valence-electron chi connectivity index (χ2n) is 4.03. The normalized spacial score (nSPS) is 13.1. The maximum atomic E-state index is 5.66. The minimum Gasteiger partial charge on any atom is -0.497 e. The van der Waals surface area contributed by atoms with E-state index in [1.807, 2.05) is 29.6 Å². The number of benzene rings is 1. The Kier molecular flexibility index (Phi) is 5.32. The number of rotatable bonds is 5. The highest BCUT2D eigenvalue weighted by atomic mass is 127. The van der Waals surface area contributed by atoms with Gasteiger partial charge in [-0.05, 0) is 17.7 Å². The van der Waals surface area contributed by atoms with E-state index in [9.17, 15) is 0 Å². The van der Waals surface area contributed by atoms with E-state index in [0.29, 0.717) is 0 Å². The number of nitrogens with two attached hydrogens (primary N) is 1. The first kappa shape index (κ1) is 15.2. The van der Waals surface area contributed by atoms with Gasteiger partial charge >= 0.3 is 0 Å². The summed E-state index contributed by atoms with van der Waals surface area (Å²) in [4.78, 5) is 4.33. The van der Waals surface area contributed by atoms with Crippen LogP contribution in [0.1, 0.15) is 14.5 Å². The third kappa shape index (κ3) is 3.68. The Hall–Kier alpha value is -1.19. The van der Waals surface area contributed by atoms with Crippen molar-refractivity contribution in [3.8, 4) is 5.75 Å². The molecule has 5 nitrogen and oxygen atoms in total. The molecule has 1 unspecified atom stereocenters. The zero-order valence-electron chi connectivity index (χ0n) is 11.2. The zero-order valence-corrected chi connectivity index (χ0v) is 14.1. The molecule has 0 fully saturated rings. The van der Waals surface area contributed by atoms with Crippen LogP contribution >= 0.6 is 33.9 Å². The van der Waals surface area contributed by atoms with Gasteiger partial charge in [-0.25, -0.2) is 15.9 Å². The maximum absolute atomic E-state index is 5.66. The highest BCUT2D eigenvalue weighted by molar-refractivity contribution is 14.1. The summed E-state index contributed by atoms with van der Waals surface area (Å²) in [6.45, 7) is 0. The van der Waals surface area contributed by atoms with E-state index in [-0.39, 0.29) is 3.92 Å². The van der Waals surface area contributed by atoms with Gasteiger partial charge in [-0.1, -0.05) is 34.7 Å². The number of hydrogen-bond acceptors (Lipinski definition) is 6. The van der Waals surface area contributed by atoms with Gasteiger partial charge < -0.3 is 4.74 Å². The summed E-state index contributed by atoms with van der Waals surface area (Å²) in [5.41, 5.74) is 1.97. The fraction of sp³-hybridized carbons (Fsp3) is 0.231. The van der Waals surface area contributed by atoms with Gasteiger partial charge in [-0.2, -0.15) is 5.10 Å². The average molecular weight is 402 g/mol. The molecule has 7 heteroatoms. The predicted molar refractivity (Wildman–Crippen MR) is 90.4 cm³/mol. The van der Waals surface area contributed by atoms with Gasteiger partial charge in [0.2, 0.25) is 0 Å². The number of aromatic nitrogens is 1. The molecule has 106 valence electrons.